The molecule has 0 saturated carbocycles. The summed E-state index contributed by atoms with van der Waals surface area (Å²) in [6.45, 7) is -0.898. The van der Waals surface area contributed by atoms with Gasteiger partial charge in [-0.2, -0.15) is 0 Å². The van der Waals surface area contributed by atoms with Gasteiger partial charge in [-0.05, 0) is 29.8 Å². The van der Waals surface area contributed by atoms with Gasteiger partial charge in [-0.3, -0.25) is 0 Å². The molecule has 2 nitrogen and oxygen atoms in total. The van der Waals surface area contributed by atoms with Gasteiger partial charge in [0.15, 0.2) is 17.4 Å². The fourth-order valence-corrected chi connectivity index (χ4v) is 1.87. The molecule has 20 heavy (non-hydrogen) atoms. The van der Waals surface area contributed by atoms with Gasteiger partial charge in [0.25, 0.3) is 0 Å². The van der Waals surface area contributed by atoms with Crippen LogP contribution >= 0.6 is 11.6 Å². The summed E-state index contributed by atoms with van der Waals surface area (Å²) in [6, 6.07) is 5.93. The van der Waals surface area contributed by atoms with Crippen LogP contribution in [0.4, 0.5) is 13.2 Å². The van der Waals surface area contributed by atoms with Crippen LogP contribution in [0.5, 0.6) is 5.75 Å². The zero-order valence-electron chi connectivity index (χ0n) is 10.2. The lowest BCUT2D eigenvalue weighted by Crippen LogP contribution is -2.03. The Morgan fingerprint density at radius 2 is 1.70 bits per heavy atom. The van der Waals surface area contributed by atoms with Crippen molar-refractivity contribution in [3.05, 3.63) is 63.9 Å². The van der Waals surface area contributed by atoms with Crippen LogP contribution in [-0.2, 0) is 13.2 Å². The minimum Gasteiger partial charge on any atom is -0.483 e. The Bertz CT molecular complexity index is 589. The van der Waals surface area contributed by atoms with E-state index in [0.29, 0.717) is 0 Å². The summed E-state index contributed by atoms with van der Waals surface area (Å²) in [5.74, 6) is -3.20. The number of halogens is 4. The van der Waals surface area contributed by atoms with E-state index in [-0.39, 0.29) is 16.1 Å². The molecule has 6 heteroatoms. The van der Waals surface area contributed by atoms with Gasteiger partial charge in [0.1, 0.15) is 12.4 Å². The lowest BCUT2D eigenvalue weighted by Gasteiger charge is -2.11. The van der Waals surface area contributed by atoms with E-state index in [2.05, 4.69) is 0 Å². The van der Waals surface area contributed by atoms with Crippen molar-refractivity contribution in [3.63, 3.8) is 0 Å². The average molecular weight is 303 g/mol. The minimum atomic E-state index is -0.971. The maximum absolute atomic E-state index is 13.6. The molecule has 0 aliphatic rings. The van der Waals surface area contributed by atoms with Crippen molar-refractivity contribution in [2.24, 2.45) is 0 Å². The predicted molar refractivity (Wildman–Crippen MR) is 68.0 cm³/mol. The molecule has 0 aromatic heterocycles. The van der Waals surface area contributed by atoms with E-state index < -0.39 is 36.4 Å². The summed E-state index contributed by atoms with van der Waals surface area (Å²) in [5, 5.41) is 8.93. The standard InChI is InChI=1S/C14H10ClF3O2/c15-10-2-1-3-11(16)9(10)7-20-14-12(17)4-8(6-19)5-13(14)18/h1-5,19H,6-7H2. The zero-order chi connectivity index (χ0) is 14.7. The molecule has 2 rings (SSSR count). The molecule has 0 radical (unpaired) electrons. The van der Waals surface area contributed by atoms with Crippen LogP contribution in [0.3, 0.4) is 0 Å². The number of hydrogen-bond acceptors (Lipinski definition) is 2. The van der Waals surface area contributed by atoms with Gasteiger partial charge < -0.3 is 9.84 Å². The number of benzene rings is 2. The van der Waals surface area contributed by atoms with Gasteiger partial charge in [-0.15, -0.1) is 0 Å². The Morgan fingerprint density at radius 3 is 2.25 bits per heavy atom. The van der Waals surface area contributed by atoms with E-state index in [9.17, 15) is 13.2 Å². The molecule has 0 amide bonds. The molecular formula is C14H10ClF3O2. The van der Waals surface area contributed by atoms with Crippen LogP contribution in [0.1, 0.15) is 11.1 Å². The van der Waals surface area contributed by atoms with E-state index >= 15 is 0 Å². The fraction of sp³-hybridized carbons (Fsp3) is 0.143. The Morgan fingerprint density at radius 1 is 1.05 bits per heavy atom. The largest absolute Gasteiger partial charge is 0.483 e. The van der Waals surface area contributed by atoms with Crippen LogP contribution in [0.2, 0.25) is 5.02 Å². The van der Waals surface area contributed by atoms with Crippen LogP contribution < -0.4 is 4.74 Å². The van der Waals surface area contributed by atoms with E-state index in [4.69, 9.17) is 21.4 Å². The highest BCUT2D eigenvalue weighted by Crippen LogP contribution is 2.26. The second-order valence-electron chi connectivity index (χ2n) is 4.04. The molecule has 0 saturated heterocycles. The maximum atomic E-state index is 13.6. The highest BCUT2D eigenvalue weighted by atomic mass is 35.5. The van der Waals surface area contributed by atoms with Gasteiger partial charge in [0, 0.05) is 5.56 Å². The molecule has 0 atom stereocenters. The molecule has 0 heterocycles. The van der Waals surface area contributed by atoms with Gasteiger partial charge in [-0.25, -0.2) is 13.2 Å². The van der Waals surface area contributed by atoms with Crippen molar-refractivity contribution in [1.82, 2.24) is 0 Å². The summed E-state index contributed by atoms with van der Waals surface area (Å²) in [4.78, 5) is 0. The molecule has 1 N–H and O–H groups in total. The third-order valence-corrected chi connectivity index (χ3v) is 3.02. The summed E-state index contributed by atoms with van der Waals surface area (Å²) in [6.07, 6.45) is 0. The molecule has 0 unspecified atom stereocenters. The van der Waals surface area contributed by atoms with Crippen molar-refractivity contribution in [2.45, 2.75) is 13.2 Å². The summed E-state index contributed by atoms with van der Waals surface area (Å²) >= 11 is 5.78. The SMILES string of the molecule is OCc1cc(F)c(OCc2c(F)cccc2Cl)c(F)c1. The van der Waals surface area contributed by atoms with E-state index in [1.165, 1.54) is 18.2 Å². The summed E-state index contributed by atoms with van der Waals surface area (Å²) in [5.41, 5.74) is 0.0930. The molecule has 106 valence electrons. The van der Waals surface area contributed by atoms with Gasteiger partial charge in [0.2, 0.25) is 0 Å². The minimum absolute atomic E-state index is 0.0131. The molecular weight excluding hydrogens is 293 g/mol. The van der Waals surface area contributed by atoms with Crippen molar-refractivity contribution in [3.8, 4) is 5.75 Å². The molecule has 0 aliphatic carbocycles. The normalized spacial score (nSPS) is 10.7. The topological polar surface area (TPSA) is 29.5 Å². The molecule has 2 aromatic rings. The number of rotatable bonds is 4. The van der Waals surface area contributed by atoms with Crippen molar-refractivity contribution >= 4 is 11.6 Å². The van der Waals surface area contributed by atoms with Gasteiger partial charge >= 0.3 is 0 Å². The van der Waals surface area contributed by atoms with E-state index in [1.807, 2.05) is 0 Å². The first-order chi connectivity index (χ1) is 9.52. The second kappa shape index (κ2) is 6.15. The first-order valence-electron chi connectivity index (χ1n) is 5.67. The monoisotopic (exact) mass is 302 g/mol. The van der Waals surface area contributed by atoms with Crippen LogP contribution in [0, 0.1) is 17.5 Å². The Balaban J connectivity index is 2.23. The second-order valence-corrected chi connectivity index (χ2v) is 4.44. The van der Waals surface area contributed by atoms with Crippen LogP contribution in [-0.4, -0.2) is 5.11 Å². The summed E-state index contributed by atoms with van der Waals surface area (Å²) < 4.78 is 45.6. The highest BCUT2D eigenvalue weighted by molar-refractivity contribution is 6.31. The van der Waals surface area contributed by atoms with Crippen LogP contribution in [0.25, 0.3) is 0 Å². The molecule has 0 bridgehead atoms. The van der Waals surface area contributed by atoms with Crippen molar-refractivity contribution in [2.75, 3.05) is 0 Å². The van der Waals surface area contributed by atoms with E-state index in [1.54, 1.807) is 0 Å². The summed E-state index contributed by atoms with van der Waals surface area (Å²) in [7, 11) is 0. The third-order valence-electron chi connectivity index (χ3n) is 2.66. The first-order valence-corrected chi connectivity index (χ1v) is 6.05. The van der Waals surface area contributed by atoms with Gasteiger partial charge in [-0.1, -0.05) is 17.7 Å². The number of aliphatic hydroxyl groups excluding tert-OH is 1. The zero-order valence-corrected chi connectivity index (χ0v) is 10.9. The smallest absolute Gasteiger partial charge is 0.191 e. The number of aliphatic hydroxyl groups is 1. The van der Waals surface area contributed by atoms with Crippen molar-refractivity contribution < 1.29 is 23.0 Å². The molecule has 0 fully saturated rings. The number of hydrogen-bond donors (Lipinski definition) is 1. The quantitative estimate of drug-likeness (QED) is 0.930. The maximum Gasteiger partial charge on any atom is 0.191 e. The van der Waals surface area contributed by atoms with E-state index in [0.717, 1.165) is 12.1 Å². The first kappa shape index (κ1) is 14.7. The highest BCUT2D eigenvalue weighted by Gasteiger charge is 2.15. The molecule has 0 spiro atoms. The van der Waals surface area contributed by atoms with Crippen molar-refractivity contribution in [1.29, 1.82) is 0 Å². The lowest BCUT2D eigenvalue weighted by atomic mass is 10.2. The Kier molecular flexibility index (Phi) is 4.52. The third kappa shape index (κ3) is 3.05. The predicted octanol–water partition coefficient (Wildman–Crippen LogP) is 3.83. The van der Waals surface area contributed by atoms with Crippen LogP contribution in [0.15, 0.2) is 30.3 Å². The lowest BCUT2D eigenvalue weighted by molar-refractivity contribution is 0.263. The Hall–Kier alpha value is -1.72. The fourth-order valence-electron chi connectivity index (χ4n) is 1.66. The molecule has 0 aliphatic heterocycles. The van der Waals surface area contributed by atoms with Gasteiger partial charge in [0.05, 0.1) is 11.6 Å². The number of ether oxygens (including phenoxy) is 1. The Labute approximate surface area is 118 Å². The average Bonchev–Trinajstić information content (AvgIpc) is 2.40. The molecule has 2 aromatic carbocycles.